The Labute approximate surface area is 118 Å². The van der Waals surface area contributed by atoms with Crippen molar-refractivity contribution in [3.8, 4) is 11.4 Å². The van der Waals surface area contributed by atoms with Crippen molar-refractivity contribution in [2.75, 3.05) is 0 Å². The molecule has 4 heteroatoms. The molecule has 0 spiro atoms. The van der Waals surface area contributed by atoms with Crippen LogP contribution < -0.4 is 5.32 Å². The Bertz CT molecular complexity index is 568. The SMILES string of the molecule is c1ccc(-c2noc(CC3CC4CCC(C3)N4)n2)cc1. The molecule has 0 saturated carbocycles. The molecule has 1 aromatic heterocycles. The first kappa shape index (κ1) is 12.1. The second-order valence-electron chi connectivity index (χ2n) is 6.06. The zero-order valence-electron chi connectivity index (χ0n) is 11.5. The number of aromatic nitrogens is 2. The lowest BCUT2D eigenvalue weighted by atomic mass is 9.90. The van der Waals surface area contributed by atoms with Crippen LogP contribution in [0, 0.1) is 5.92 Å². The molecule has 3 heterocycles. The quantitative estimate of drug-likeness (QED) is 0.931. The number of fused-ring (bicyclic) bond motifs is 2. The fourth-order valence-electron chi connectivity index (χ4n) is 3.63. The molecule has 2 aliphatic heterocycles. The molecule has 0 amide bonds. The Morgan fingerprint density at radius 3 is 2.60 bits per heavy atom. The highest BCUT2D eigenvalue weighted by Crippen LogP contribution is 2.32. The molecule has 2 fully saturated rings. The first-order valence-electron chi connectivity index (χ1n) is 7.51. The third kappa shape index (κ3) is 2.36. The summed E-state index contributed by atoms with van der Waals surface area (Å²) in [5.74, 6) is 2.19. The molecule has 0 radical (unpaired) electrons. The molecule has 2 unspecified atom stereocenters. The normalized spacial score (nSPS) is 28.7. The van der Waals surface area contributed by atoms with Crippen LogP contribution in [0.4, 0.5) is 0 Å². The van der Waals surface area contributed by atoms with Crippen molar-refractivity contribution in [1.82, 2.24) is 15.5 Å². The lowest BCUT2D eigenvalue weighted by Crippen LogP contribution is -2.38. The number of nitrogens with one attached hydrogen (secondary N) is 1. The van der Waals surface area contributed by atoms with E-state index >= 15 is 0 Å². The molecule has 1 N–H and O–H groups in total. The van der Waals surface area contributed by atoms with Gasteiger partial charge >= 0.3 is 0 Å². The Balaban J connectivity index is 1.46. The van der Waals surface area contributed by atoms with Gasteiger partial charge in [0.15, 0.2) is 0 Å². The second kappa shape index (κ2) is 5.02. The highest BCUT2D eigenvalue weighted by molar-refractivity contribution is 5.53. The molecule has 2 bridgehead atoms. The minimum Gasteiger partial charge on any atom is -0.339 e. The van der Waals surface area contributed by atoms with E-state index < -0.39 is 0 Å². The van der Waals surface area contributed by atoms with Gasteiger partial charge in [-0.05, 0) is 31.6 Å². The molecule has 20 heavy (non-hydrogen) atoms. The molecule has 2 aromatic rings. The monoisotopic (exact) mass is 269 g/mol. The average Bonchev–Trinajstić information content (AvgIpc) is 3.07. The van der Waals surface area contributed by atoms with Gasteiger partial charge in [-0.3, -0.25) is 0 Å². The molecule has 2 aliphatic rings. The number of nitrogens with zero attached hydrogens (tertiary/aromatic N) is 2. The van der Waals surface area contributed by atoms with Crippen molar-refractivity contribution in [3.63, 3.8) is 0 Å². The number of hydrogen-bond acceptors (Lipinski definition) is 4. The summed E-state index contributed by atoms with van der Waals surface area (Å²) in [7, 11) is 0. The number of hydrogen-bond donors (Lipinski definition) is 1. The molecule has 1 aromatic carbocycles. The molecule has 2 saturated heterocycles. The summed E-state index contributed by atoms with van der Waals surface area (Å²) in [6.07, 6.45) is 6.09. The zero-order valence-corrected chi connectivity index (χ0v) is 11.5. The average molecular weight is 269 g/mol. The van der Waals surface area contributed by atoms with E-state index in [2.05, 4.69) is 15.5 Å². The van der Waals surface area contributed by atoms with Crippen molar-refractivity contribution < 1.29 is 4.52 Å². The third-order valence-electron chi connectivity index (χ3n) is 4.53. The lowest BCUT2D eigenvalue weighted by Gasteiger charge is -2.27. The van der Waals surface area contributed by atoms with E-state index in [0.717, 1.165) is 30.0 Å². The maximum atomic E-state index is 5.43. The van der Waals surface area contributed by atoms with Gasteiger partial charge in [0.1, 0.15) is 0 Å². The van der Waals surface area contributed by atoms with Gasteiger partial charge in [-0.15, -0.1) is 0 Å². The van der Waals surface area contributed by atoms with Gasteiger partial charge < -0.3 is 9.84 Å². The fourth-order valence-corrected chi connectivity index (χ4v) is 3.63. The van der Waals surface area contributed by atoms with Crippen LogP contribution in [0.1, 0.15) is 31.6 Å². The van der Waals surface area contributed by atoms with Crippen molar-refractivity contribution in [1.29, 1.82) is 0 Å². The largest absolute Gasteiger partial charge is 0.339 e. The first-order chi connectivity index (χ1) is 9.87. The minimum absolute atomic E-state index is 0.692. The van der Waals surface area contributed by atoms with Crippen molar-refractivity contribution in [2.24, 2.45) is 5.92 Å². The van der Waals surface area contributed by atoms with Crippen LogP contribution in [0.25, 0.3) is 11.4 Å². The van der Waals surface area contributed by atoms with Crippen LogP contribution >= 0.6 is 0 Å². The Hall–Kier alpha value is -1.68. The number of rotatable bonds is 3. The topological polar surface area (TPSA) is 51.0 Å². The maximum absolute atomic E-state index is 5.43. The van der Waals surface area contributed by atoms with Crippen LogP contribution in [0.3, 0.4) is 0 Å². The highest BCUT2D eigenvalue weighted by Gasteiger charge is 2.34. The van der Waals surface area contributed by atoms with E-state index in [1.54, 1.807) is 0 Å². The Kier molecular flexibility index (Phi) is 3.03. The van der Waals surface area contributed by atoms with E-state index in [1.807, 2.05) is 30.3 Å². The fraction of sp³-hybridized carbons (Fsp3) is 0.500. The van der Waals surface area contributed by atoms with E-state index in [9.17, 15) is 0 Å². The van der Waals surface area contributed by atoms with Crippen LogP contribution in [0.15, 0.2) is 34.9 Å². The Morgan fingerprint density at radius 1 is 1.10 bits per heavy atom. The van der Waals surface area contributed by atoms with Crippen LogP contribution in [-0.4, -0.2) is 22.2 Å². The van der Waals surface area contributed by atoms with E-state index in [4.69, 9.17) is 4.52 Å². The van der Waals surface area contributed by atoms with Gasteiger partial charge in [-0.1, -0.05) is 35.5 Å². The molecule has 2 atom stereocenters. The van der Waals surface area contributed by atoms with Crippen molar-refractivity contribution >= 4 is 0 Å². The summed E-state index contributed by atoms with van der Waals surface area (Å²) in [6, 6.07) is 11.4. The van der Waals surface area contributed by atoms with E-state index in [0.29, 0.717) is 11.7 Å². The number of piperidine rings is 1. The summed E-state index contributed by atoms with van der Waals surface area (Å²) < 4.78 is 5.43. The van der Waals surface area contributed by atoms with Gasteiger partial charge in [0.25, 0.3) is 0 Å². The lowest BCUT2D eigenvalue weighted by molar-refractivity contribution is 0.270. The summed E-state index contributed by atoms with van der Waals surface area (Å²) in [6.45, 7) is 0. The third-order valence-corrected chi connectivity index (χ3v) is 4.53. The summed E-state index contributed by atoms with van der Waals surface area (Å²) in [5, 5.41) is 7.77. The van der Waals surface area contributed by atoms with Gasteiger partial charge in [-0.25, -0.2) is 0 Å². The van der Waals surface area contributed by atoms with Gasteiger partial charge in [0.2, 0.25) is 11.7 Å². The minimum atomic E-state index is 0.692. The second-order valence-corrected chi connectivity index (χ2v) is 6.06. The predicted octanol–water partition coefficient (Wildman–Crippen LogP) is 2.81. The van der Waals surface area contributed by atoms with Gasteiger partial charge in [0, 0.05) is 24.1 Å². The van der Waals surface area contributed by atoms with Gasteiger partial charge in [-0.2, -0.15) is 4.98 Å². The highest BCUT2D eigenvalue weighted by atomic mass is 16.5. The smallest absolute Gasteiger partial charge is 0.227 e. The molecule has 4 rings (SSSR count). The van der Waals surface area contributed by atoms with Crippen LogP contribution in [-0.2, 0) is 6.42 Å². The van der Waals surface area contributed by atoms with Crippen molar-refractivity contribution in [3.05, 3.63) is 36.2 Å². The summed E-state index contributed by atoms with van der Waals surface area (Å²) in [4.78, 5) is 4.55. The summed E-state index contributed by atoms with van der Waals surface area (Å²) in [5.41, 5.74) is 1.02. The van der Waals surface area contributed by atoms with E-state index in [1.165, 1.54) is 25.7 Å². The van der Waals surface area contributed by atoms with Crippen LogP contribution in [0.5, 0.6) is 0 Å². The molecule has 0 aliphatic carbocycles. The van der Waals surface area contributed by atoms with Crippen LogP contribution in [0.2, 0.25) is 0 Å². The number of benzene rings is 1. The Morgan fingerprint density at radius 2 is 1.85 bits per heavy atom. The maximum Gasteiger partial charge on any atom is 0.227 e. The molecule has 4 nitrogen and oxygen atoms in total. The molecular weight excluding hydrogens is 250 g/mol. The van der Waals surface area contributed by atoms with E-state index in [-0.39, 0.29) is 0 Å². The predicted molar refractivity (Wildman–Crippen MR) is 76.1 cm³/mol. The summed E-state index contributed by atoms with van der Waals surface area (Å²) >= 11 is 0. The van der Waals surface area contributed by atoms with Crippen molar-refractivity contribution in [2.45, 2.75) is 44.2 Å². The standard InChI is InChI=1S/C16H19N3O/c1-2-4-12(5-3-1)16-18-15(20-19-16)10-11-8-13-6-7-14(9-11)17-13/h1-5,11,13-14,17H,6-10H2. The zero-order chi connectivity index (χ0) is 13.4. The first-order valence-corrected chi connectivity index (χ1v) is 7.51. The van der Waals surface area contributed by atoms with Gasteiger partial charge in [0.05, 0.1) is 0 Å². The molecule has 104 valence electrons. The molecular formula is C16H19N3O.